The summed E-state index contributed by atoms with van der Waals surface area (Å²) in [6.45, 7) is 3.15. The lowest BCUT2D eigenvalue weighted by Crippen LogP contribution is -2.30. The molecule has 1 aromatic carbocycles. The van der Waals surface area contributed by atoms with Gasteiger partial charge in [-0.25, -0.2) is 9.98 Å². The Hall–Kier alpha value is -3.00. The van der Waals surface area contributed by atoms with Crippen molar-refractivity contribution in [1.82, 2.24) is 10.3 Å². The highest BCUT2D eigenvalue weighted by Gasteiger charge is 2.09. The predicted molar refractivity (Wildman–Crippen MR) is 108 cm³/mol. The second kappa shape index (κ2) is 9.09. The highest BCUT2D eigenvalue weighted by molar-refractivity contribution is 7.13. The first-order valence-electron chi connectivity index (χ1n) is 8.49. The molecule has 0 spiro atoms. The Labute approximate surface area is 162 Å². The minimum atomic E-state index is 0.400. The van der Waals surface area contributed by atoms with Crippen molar-refractivity contribution in [2.75, 3.05) is 26.1 Å². The van der Waals surface area contributed by atoms with Crippen molar-refractivity contribution in [3.8, 4) is 22.3 Å². The molecule has 0 radical (unpaired) electrons. The van der Waals surface area contributed by atoms with Gasteiger partial charge >= 0.3 is 0 Å². The van der Waals surface area contributed by atoms with Crippen molar-refractivity contribution in [2.24, 2.45) is 4.99 Å². The van der Waals surface area contributed by atoms with Gasteiger partial charge in [-0.15, -0.1) is 11.3 Å². The maximum Gasteiger partial charge on any atom is 0.236 e. The van der Waals surface area contributed by atoms with Crippen molar-refractivity contribution in [3.63, 3.8) is 0 Å². The summed E-state index contributed by atoms with van der Waals surface area (Å²) >= 11 is 1.59. The van der Waals surface area contributed by atoms with Crippen molar-refractivity contribution in [1.29, 1.82) is 0 Å². The lowest BCUT2D eigenvalue weighted by atomic mass is 10.3. The second-order valence-electron chi connectivity index (χ2n) is 5.51. The van der Waals surface area contributed by atoms with Crippen molar-refractivity contribution in [3.05, 3.63) is 47.7 Å². The molecular formula is C19H22N4O3S. The van der Waals surface area contributed by atoms with Gasteiger partial charge in [0.05, 0.1) is 25.6 Å². The van der Waals surface area contributed by atoms with E-state index in [2.05, 4.69) is 20.6 Å². The number of nitrogens with one attached hydrogen (secondary N) is 2. The Balaban J connectivity index is 1.71. The first-order valence-corrected chi connectivity index (χ1v) is 9.37. The minimum Gasteiger partial charge on any atom is -0.493 e. The van der Waals surface area contributed by atoms with E-state index in [9.17, 15) is 0 Å². The van der Waals surface area contributed by atoms with Gasteiger partial charge in [-0.1, -0.05) is 6.07 Å². The zero-order valence-electron chi connectivity index (χ0n) is 15.5. The third kappa shape index (κ3) is 4.79. The van der Waals surface area contributed by atoms with Crippen LogP contribution in [-0.2, 0) is 6.54 Å². The van der Waals surface area contributed by atoms with Crippen LogP contribution in [0, 0.1) is 0 Å². The summed E-state index contributed by atoms with van der Waals surface area (Å²) in [6, 6.07) is 9.55. The zero-order chi connectivity index (χ0) is 19.1. The highest BCUT2D eigenvalue weighted by atomic mass is 32.1. The van der Waals surface area contributed by atoms with Gasteiger partial charge < -0.3 is 24.5 Å². The number of thiophene rings is 1. The van der Waals surface area contributed by atoms with E-state index in [-0.39, 0.29) is 0 Å². The largest absolute Gasteiger partial charge is 0.493 e. The van der Waals surface area contributed by atoms with Crippen LogP contribution in [0.2, 0.25) is 0 Å². The van der Waals surface area contributed by atoms with E-state index < -0.39 is 0 Å². The van der Waals surface area contributed by atoms with E-state index in [1.165, 1.54) is 0 Å². The van der Waals surface area contributed by atoms with E-state index >= 15 is 0 Å². The Morgan fingerprint density at radius 2 is 2.07 bits per heavy atom. The first kappa shape index (κ1) is 18.8. The number of rotatable bonds is 7. The normalized spacial score (nSPS) is 11.3. The van der Waals surface area contributed by atoms with Crippen LogP contribution in [0.4, 0.5) is 5.69 Å². The standard InChI is InChI=1S/C19H22N4O3S/c1-4-20-19(23-13-7-8-15(24-2)16(10-13)25-3)21-11-14-12-26-18(22-14)17-6-5-9-27-17/h5-10,12H,4,11H2,1-3H3,(H2,20,21,23). The number of oxazole rings is 1. The monoisotopic (exact) mass is 386 g/mol. The maximum absolute atomic E-state index is 5.53. The fourth-order valence-electron chi connectivity index (χ4n) is 2.41. The molecule has 3 aromatic rings. The summed E-state index contributed by atoms with van der Waals surface area (Å²) in [7, 11) is 3.22. The molecule has 2 N–H and O–H groups in total. The molecule has 142 valence electrons. The summed E-state index contributed by atoms with van der Waals surface area (Å²) in [5.41, 5.74) is 1.61. The smallest absolute Gasteiger partial charge is 0.236 e. The van der Waals surface area contributed by atoms with E-state index in [4.69, 9.17) is 13.9 Å². The molecule has 0 bridgehead atoms. The number of anilines is 1. The predicted octanol–water partition coefficient (Wildman–Crippen LogP) is 4.00. The fraction of sp³-hybridized carbons (Fsp3) is 0.263. The van der Waals surface area contributed by atoms with E-state index in [1.54, 1.807) is 31.8 Å². The molecule has 0 aliphatic rings. The number of aromatic nitrogens is 1. The van der Waals surface area contributed by atoms with Crippen LogP contribution in [0.15, 0.2) is 51.4 Å². The Bertz CT molecular complexity index is 890. The number of aliphatic imine (C=N–C) groups is 1. The molecule has 8 heteroatoms. The molecule has 0 aliphatic carbocycles. The molecule has 0 aliphatic heterocycles. The van der Waals surface area contributed by atoms with Gasteiger partial charge in [-0.05, 0) is 30.5 Å². The van der Waals surface area contributed by atoms with Crippen LogP contribution in [-0.4, -0.2) is 31.7 Å². The summed E-state index contributed by atoms with van der Waals surface area (Å²) < 4.78 is 16.1. The molecule has 0 atom stereocenters. The molecule has 27 heavy (non-hydrogen) atoms. The van der Waals surface area contributed by atoms with Gasteiger partial charge in [0.15, 0.2) is 17.5 Å². The van der Waals surface area contributed by atoms with E-state index in [0.29, 0.717) is 29.9 Å². The summed E-state index contributed by atoms with van der Waals surface area (Å²) in [4.78, 5) is 10.1. The number of guanidine groups is 1. The van der Waals surface area contributed by atoms with E-state index in [0.717, 1.165) is 22.8 Å². The van der Waals surface area contributed by atoms with Crippen LogP contribution in [0.1, 0.15) is 12.6 Å². The quantitative estimate of drug-likeness (QED) is 0.472. The van der Waals surface area contributed by atoms with Gasteiger partial charge in [-0.3, -0.25) is 0 Å². The minimum absolute atomic E-state index is 0.400. The third-order valence-electron chi connectivity index (χ3n) is 3.67. The fourth-order valence-corrected chi connectivity index (χ4v) is 3.07. The second-order valence-corrected chi connectivity index (χ2v) is 6.46. The number of hydrogen-bond donors (Lipinski definition) is 2. The zero-order valence-corrected chi connectivity index (χ0v) is 16.3. The molecule has 0 fully saturated rings. The molecule has 0 saturated carbocycles. The Morgan fingerprint density at radius 1 is 1.22 bits per heavy atom. The molecule has 3 rings (SSSR count). The number of hydrogen-bond acceptors (Lipinski definition) is 6. The van der Waals surface area contributed by atoms with Gasteiger partial charge in [0.25, 0.3) is 0 Å². The van der Waals surface area contributed by atoms with Crippen molar-refractivity contribution < 1.29 is 13.9 Å². The van der Waals surface area contributed by atoms with Crippen LogP contribution in [0.5, 0.6) is 11.5 Å². The number of benzene rings is 1. The number of nitrogens with zero attached hydrogens (tertiary/aromatic N) is 2. The van der Waals surface area contributed by atoms with Crippen LogP contribution >= 0.6 is 11.3 Å². The Kier molecular flexibility index (Phi) is 6.32. The number of methoxy groups -OCH3 is 2. The van der Waals surface area contributed by atoms with Gasteiger partial charge in [0.2, 0.25) is 5.89 Å². The molecule has 0 amide bonds. The molecule has 7 nitrogen and oxygen atoms in total. The third-order valence-corrected chi connectivity index (χ3v) is 4.53. The lowest BCUT2D eigenvalue weighted by molar-refractivity contribution is 0.355. The van der Waals surface area contributed by atoms with E-state index in [1.807, 2.05) is 42.6 Å². The summed E-state index contributed by atoms with van der Waals surface area (Å²) in [5.74, 6) is 2.59. The maximum atomic E-state index is 5.53. The SMILES string of the molecule is CCNC(=NCc1coc(-c2cccs2)n1)Nc1ccc(OC)c(OC)c1. The highest BCUT2D eigenvalue weighted by Crippen LogP contribution is 2.29. The van der Waals surface area contributed by atoms with Crippen LogP contribution < -0.4 is 20.1 Å². The molecule has 2 aromatic heterocycles. The summed E-state index contributed by atoms with van der Waals surface area (Å²) in [5, 5.41) is 8.46. The average molecular weight is 386 g/mol. The van der Waals surface area contributed by atoms with Gasteiger partial charge in [0, 0.05) is 18.3 Å². The number of ether oxygens (including phenoxy) is 2. The first-order chi connectivity index (χ1) is 13.2. The van der Waals surface area contributed by atoms with Gasteiger partial charge in [0.1, 0.15) is 12.0 Å². The van der Waals surface area contributed by atoms with Crippen LogP contribution in [0.25, 0.3) is 10.8 Å². The average Bonchev–Trinajstić information content (AvgIpc) is 3.37. The lowest BCUT2D eigenvalue weighted by Gasteiger charge is -2.13. The van der Waals surface area contributed by atoms with Crippen molar-refractivity contribution >= 4 is 23.0 Å². The molecule has 0 unspecified atom stereocenters. The summed E-state index contributed by atoms with van der Waals surface area (Å²) in [6.07, 6.45) is 1.64. The van der Waals surface area contributed by atoms with Gasteiger partial charge in [-0.2, -0.15) is 0 Å². The Morgan fingerprint density at radius 3 is 2.78 bits per heavy atom. The van der Waals surface area contributed by atoms with Crippen molar-refractivity contribution in [2.45, 2.75) is 13.5 Å². The topological polar surface area (TPSA) is 80.9 Å². The molecular weight excluding hydrogens is 364 g/mol. The van der Waals surface area contributed by atoms with Crippen LogP contribution in [0.3, 0.4) is 0 Å². The molecule has 0 saturated heterocycles. The molecule has 2 heterocycles.